The van der Waals surface area contributed by atoms with Gasteiger partial charge in [-0.1, -0.05) is 30.6 Å². The smallest absolute Gasteiger partial charge is 0.327 e. The third-order valence-electron chi connectivity index (χ3n) is 0.680. The van der Waals surface area contributed by atoms with Gasteiger partial charge in [0.15, 0.2) is 0 Å². The zero-order valence-electron chi connectivity index (χ0n) is 12.2. The normalized spacial score (nSPS) is 5.81. The molecule has 0 bridgehead atoms. The molecule has 0 unspecified atom stereocenters. The van der Waals surface area contributed by atoms with Crippen LogP contribution in [0.2, 0.25) is 0 Å². The van der Waals surface area contributed by atoms with Gasteiger partial charge in [-0.25, -0.2) is 4.79 Å². The van der Waals surface area contributed by atoms with E-state index in [1.54, 1.807) is 6.08 Å². The molecule has 0 spiro atoms. The van der Waals surface area contributed by atoms with Gasteiger partial charge in [-0.3, -0.25) is 0 Å². The fourth-order valence-corrected chi connectivity index (χ4v) is 0. The van der Waals surface area contributed by atoms with E-state index in [-0.39, 0.29) is 13.2 Å². The van der Waals surface area contributed by atoms with E-state index in [0.29, 0.717) is 13.1 Å². The van der Waals surface area contributed by atoms with Crippen LogP contribution in [-0.2, 0) is 4.79 Å². The maximum Gasteiger partial charge on any atom is 0.327 e. The average molecular weight is 298 g/mol. The Morgan fingerprint density at radius 2 is 1.33 bits per heavy atom. The summed E-state index contributed by atoms with van der Waals surface area (Å²) in [4.78, 5) is 9.25. The number of hydrogen-bond donors (Lipinski definition) is 5. The Hall–Kier alpha value is -2.35. The van der Waals surface area contributed by atoms with Crippen LogP contribution < -0.4 is 11.5 Å². The Morgan fingerprint density at radius 1 is 1.10 bits per heavy atom. The number of aliphatic carboxylic acids is 1. The summed E-state index contributed by atoms with van der Waals surface area (Å²) in [7, 11) is 0. The molecule has 120 valence electrons. The van der Waals surface area contributed by atoms with Crippen LogP contribution in [0.25, 0.3) is 0 Å². The lowest BCUT2D eigenvalue weighted by atomic mass is 10.7. The number of terminal acetylenes is 2. The van der Waals surface area contributed by atoms with Gasteiger partial charge in [0, 0.05) is 12.6 Å². The van der Waals surface area contributed by atoms with E-state index in [9.17, 15) is 4.79 Å². The van der Waals surface area contributed by atoms with Gasteiger partial charge in [-0.2, -0.15) is 0 Å². The molecule has 0 amide bonds. The van der Waals surface area contributed by atoms with E-state index in [1.807, 2.05) is 5.92 Å². The summed E-state index contributed by atoms with van der Waals surface area (Å²) in [6.45, 7) is 10.4. The second-order valence-electron chi connectivity index (χ2n) is 2.31. The number of rotatable bonds is 3. The highest BCUT2D eigenvalue weighted by Crippen LogP contribution is 1.54. The Bertz CT molecular complexity index is 280. The van der Waals surface area contributed by atoms with Gasteiger partial charge >= 0.3 is 5.97 Å². The van der Waals surface area contributed by atoms with Gasteiger partial charge in [0.05, 0.1) is 13.2 Å². The molecule has 0 aromatic heterocycles. The molecule has 0 saturated heterocycles. The van der Waals surface area contributed by atoms with E-state index < -0.39 is 5.97 Å². The predicted octanol–water partition coefficient (Wildman–Crippen LogP) is -0.257. The summed E-state index contributed by atoms with van der Waals surface area (Å²) in [6.07, 6.45) is 13.1. The molecule has 0 fully saturated rings. The molecule has 7 N–H and O–H groups in total. The Kier molecular flexibility index (Phi) is 78.0. The molecule has 0 atom stereocenters. The summed E-state index contributed by atoms with van der Waals surface area (Å²) in [5, 5.41) is 23.0. The maximum atomic E-state index is 9.25. The van der Waals surface area contributed by atoms with Crippen molar-refractivity contribution >= 4 is 5.97 Å². The standard InChI is InChI=1S/C3H7N.C3H5N.C3H4O2.C3H6O.C3H4O/c2*1-2-3-4;1-2-3(4)5;2*1-2-3-4/h2H,1,3-4H2;1H,3-4H2;2H,1H2,(H,4,5);2,4H,1,3H2;1,4H,3H2. The van der Waals surface area contributed by atoms with Crippen LogP contribution in [0.4, 0.5) is 0 Å². The number of carboxylic acids is 1. The molecule has 21 heavy (non-hydrogen) atoms. The summed E-state index contributed by atoms with van der Waals surface area (Å²) in [5.74, 6) is 3.21. The van der Waals surface area contributed by atoms with E-state index in [1.165, 1.54) is 6.08 Å². The largest absolute Gasteiger partial charge is 0.478 e. The number of hydrogen-bond acceptors (Lipinski definition) is 5. The van der Waals surface area contributed by atoms with Crippen LogP contribution in [0, 0.1) is 24.7 Å². The lowest BCUT2D eigenvalue weighted by Crippen LogP contribution is -1.91. The highest BCUT2D eigenvalue weighted by Gasteiger charge is 1.73. The average Bonchev–Trinajstić information content (AvgIpc) is 2.55. The lowest BCUT2D eigenvalue weighted by molar-refractivity contribution is -0.131. The van der Waals surface area contributed by atoms with Crippen LogP contribution in [0.5, 0.6) is 0 Å². The second kappa shape index (κ2) is 52.5. The molecule has 0 rings (SSSR count). The van der Waals surface area contributed by atoms with Gasteiger partial charge in [0.25, 0.3) is 0 Å². The highest BCUT2D eigenvalue weighted by atomic mass is 16.4. The van der Waals surface area contributed by atoms with Crippen molar-refractivity contribution in [1.29, 1.82) is 0 Å². The number of nitrogens with two attached hydrogens (primary N) is 2. The first-order valence-electron chi connectivity index (χ1n) is 5.49. The van der Waals surface area contributed by atoms with Crippen molar-refractivity contribution in [2.75, 3.05) is 26.3 Å². The monoisotopic (exact) mass is 298 g/mol. The van der Waals surface area contributed by atoms with E-state index in [0.717, 1.165) is 6.08 Å². The first-order valence-corrected chi connectivity index (χ1v) is 5.49. The fourth-order valence-electron chi connectivity index (χ4n) is 0. The molecule has 0 heterocycles. The molecular formula is C15H26N2O4. The summed E-state index contributed by atoms with van der Waals surface area (Å²) in [5.41, 5.74) is 9.70. The van der Waals surface area contributed by atoms with Gasteiger partial charge in [0.1, 0.15) is 6.61 Å². The molecule has 0 aromatic rings. The molecule has 0 aliphatic heterocycles. The predicted molar refractivity (Wildman–Crippen MR) is 88.2 cm³/mol. The van der Waals surface area contributed by atoms with Gasteiger partial charge < -0.3 is 26.8 Å². The third-order valence-corrected chi connectivity index (χ3v) is 0.680. The van der Waals surface area contributed by atoms with Crippen molar-refractivity contribution in [2.45, 2.75) is 0 Å². The van der Waals surface area contributed by atoms with Crippen molar-refractivity contribution in [3.8, 4) is 24.7 Å². The molecule has 6 heteroatoms. The first kappa shape index (κ1) is 31.2. The number of aliphatic hydroxyl groups is 2. The molecule has 0 radical (unpaired) electrons. The van der Waals surface area contributed by atoms with Crippen molar-refractivity contribution < 1.29 is 20.1 Å². The maximum absolute atomic E-state index is 9.25. The van der Waals surface area contributed by atoms with Crippen molar-refractivity contribution in [3.05, 3.63) is 38.0 Å². The quantitative estimate of drug-likeness (QED) is 0.277. The molecule has 0 aliphatic rings. The minimum atomic E-state index is -0.981. The Balaban J connectivity index is -0.0000000510. The molecular weight excluding hydrogens is 272 g/mol. The summed E-state index contributed by atoms with van der Waals surface area (Å²) < 4.78 is 0. The lowest BCUT2D eigenvalue weighted by Gasteiger charge is -1.64. The first-order chi connectivity index (χ1) is 9.93. The molecule has 0 aliphatic carbocycles. The fraction of sp³-hybridized carbons (Fsp3) is 0.267. The zero-order valence-corrected chi connectivity index (χ0v) is 12.2. The SMILES string of the molecule is C#CCN.C#CCO.C=CC(=O)O.C=CCN.C=CCO. The van der Waals surface area contributed by atoms with Crippen LogP contribution in [0.3, 0.4) is 0 Å². The zero-order chi connectivity index (χ0) is 17.9. The summed E-state index contributed by atoms with van der Waals surface area (Å²) in [6, 6.07) is 0. The number of aliphatic hydroxyl groups excluding tert-OH is 2. The van der Waals surface area contributed by atoms with Gasteiger partial charge in [-0.15, -0.1) is 26.0 Å². The third kappa shape index (κ3) is 324. The van der Waals surface area contributed by atoms with Crippen molar-refractivity contribution in [3.63, 3.8) is 0 Å². The van der Waals surface area contributed by atoms with Gasteiger partial charge in [-0.05, 0) is 0 Å². The number of carbonyl (C=O) groups is 1. The van der Waals surface area contributed by atoms with Crippen LogP contribution in [0.15, 0.2) is 38.0 Å². The van der Waals surface area contributed by atoms with E-state index >= 15 is 0 Å². The Morgan fingerprint density at radius 3 is 1.33 bits per heavy atom. The Labute approximate surface area is 127 Å². The van der Waals surface area contributed by atoms with Crippen molar-refractivity contribution in [1.82, 2.24) is 0 Å². The highest BCUT2D eigenvalue weighted by molar-refractivity contribution is 5.78. The second-order valence-corrected chi connectivity index (χ2v) is 2.31. The van der Waals surface area contributed by atoms with Crippen LogP contribution in [-0.4, -0.2) is 47.6 Å². The number of carboxylic acid groups (broad SMARTS) is 1. The van der Waals surface area contributed by atoms with E-state index in [4.69, 9.17) is 26.8 Å². The van der Waals surface area contributed by atoms with Crippen molar-refractivity contribution in [2.24, 2.45) is 11.5 Å². The minimum Gasteiger partial charge on any atom is -0.478 e. The topological polar surface area (TPSA) is 130 Å². The molecule has 0 aromatic carbocycles. The summed E-state index contributed by atoms with van der Waals surface area (Å²) >= 11 is 0. The minimum absolute atomic E-state index is 0.0833. The van der Waals surface area contributed by atoms with Crippen LogP contribution >= 0.6 is 0 Å². The van der Waals surface area contributed by atoms with E-state index in [2.05, 4.69) is 38.5 Å². The van der Waals surface area contributed by atoms with Crippen LogP contribution in [0.1, 0.15) is 0 Å². The van der Waals surface area contributed by atoms with Gasteiger partial charge in [0.2, 0.25) is 0 Å². The molecule has 6 nitrogen and oxygen atoms in total. The molecule has 0 saturated carbocycles.